The molecule has 7 heteroatoms. The van der Waals surface area contributed by atoms with Crippen LogP contribution in [-0.2, 0) is 14.8 Å². The van der Waals surface area contributed by atoms with E-state index in [0.29, 0.717) is 13.2 Å². The molecule has 0 unspecified atom stereocenters. The summed E-state index contributed by atoms with van der Waals surface area (Å²) in [7, 11) is -3.61. The fourth-order valence-corrected chi connectivity index (χ4v) is 4.36. The number of sulfonamides is 1. The fourth-order valence-electron chi connectivity index (χ4n) is 2.43. The van der Waals surface area contributed by atoms with Crippen LogP contribution in [0.2, 0.25) is 5.02 Å². The van der Waals surface area contributed by atoms with Gasteiger partial charge in [-0.15, -0.1) is 0 Å². The SMILES string of the molecule is O=S(=O)(c1ccc(F)c(Cl)c1)N1C[C@H]2C[C@H]1CO2. The number of hydrogen-bond donors (Lipinski definition) is 0. The zero-order chi connectivity index (χ0) is 12.9. The molecule has 3 rings (SSSR count). The van der Waals surface area contributed by atoms with Gasteiger partial charge >= 0.3 is 0 Å². The van der Waals surface area contributed by atoms with Crippen LogP contribution in [0.4, 0.5) is 4.39 Å². The minimum absolute atomic E-state index is 0.0132. The van der Waals surface area contributed by atoms with Crippen molar-refractivity contribution in [1.29, 1.82) is 0 Å². The molecule has 98 valence electrons. The van der Waals surface area contributed by atoms with Gasteiger partial charge in [0.15, 0.2) is 0 Å². The lowest BCUT2D eigenvalue weighted by atomic mass is 10.3. The Labute approximate surface area is 109 Å². The Morgan fingerprint density at radius 3 is 2.78 bits per heavy atom. The molecule has 2 bridgehead atoms. The van der Waals surface area contributed by atoms with Crippen molar-refractivity contribution in [3.8, 4) is 0 Å². The number of halogens is 2. The quantitative estimate of drug-likeness (QED) is 0.832. The molecular formula is C11H11ClFNO3S. The van der Waals surface area contributed by atoms with Gasteiger partial charge in [0.05, 0.1) is 28.7 Å². The number of benzene rings is 1. The van der Waals surface area contributed by atoms with E-state index in [9.17, 15) is 12.8 Å². The summed E-state index contributed by atoms with van der Waals surface area (Å²) in [4.78, 5) is 0.0291. The van der Waals surface area contributed by atoms with Crippen molar-refractivity contribution in [3.05, 3.63) is 29.0 Å². The molecule has 0 saturated carbocycles. The van der Waals surface area contributed by atoms with Crippen LogP contribution >= 0.6 is 11.6 Å². The molecule has 0 aliphatic carbocycles. The van der Waals surface area contributed by atoms with Crippen LogP contribution in [0.25, 0.3) is 0 Å². The number of hydrogen-bond acceptors (Lipinski definition) is 3. The van der Waals surface area contributed by atoms with E-state index in [2.05, 4.69) is 0 Å². The highest BCUT2D eigenvalue weighted by Gasteiger charge is 2.45. The first-order valence-electron chi connectivity index (χ1n) is 5.57. The van der Waals surface area contributed by atoms with Gasteiger partial charge in [0.2, 0.25) is 10.0 Å². The summed E-state index contributed by atoms with van der Waals surface area (Å²) in [5, 5.41) is -0.184. The van der Waals surface area contributed by atoms with Crippen LogP contribution in [0, 0.1) is 5.82 Å². The molecule has 0 amide bonds. The van der Waals surface area contributed by atoms with Gasteiger partial charge in [0, 0.05) is 6.54 Å². The van der Waals surface area contributed by atoms with Crippen LogP contribution in [-0.4, -0.2) is 38.0 Å². The standard InChI is InChI=1S/C11H11ClFNO3S/c12-10-4-9(1-2-11(10)13)18(15,16)14-5-8-3-7(14)6-17-8/h1-2,4,7-8H,3,5-6H2/t7-,8+/m0/s1. The van der Waals surface area contributed by atoms with Crippen molar-refractivity contribution >= 4 is 21.6 Å². The molecule has 2 heterocycles. The largest absolute Gasteiger partial charge is 0.375 e. The van der Waals surface area contributed by atoms with Crippen LogP contribution < -0.4 is 0 Å². The van der Waals surface area contributed by atoms with E-state index in [1.165, 1.54) is 10.4 Å². The lowest BCUT2D eigenvalue weighted by Crippen LogP contribution is -2.41. The Morgan fingerprint density at radius 1 is 1.44 bits per heavy atom. The second-order valence-corrected chi connectivity index (χ2v) is 6.79. The predicted octanol–water partition coefficient (Wildman–Crippen LogP) is 1.64. The molecule has 2 atom stereocenters. The Hall–Kier alpha value is -0.690. The molecule has 2 saturated heterocycles. The topological polar surface area (TPSA) is 46.6 Å². The lowest BCUT2D eigenvalue weighted by Gasteiger charge is -2.26. The molecular weight excluding hydrogens is 281 g/mol. The number of nitrogens with zero attached hydrogens (tertiary/aromatic N) is 1. The summed E-state index contributed by atoms with van der Waals surface area (Å²) in [5.74, 6) is -0.623. The zero-order valence-corrected chi connectivity index (χ0v) is 10.9. The minimum Gasteiger partial charge on any atom is -0.375 e. The van der Waals surface area contributed by atoms with Crippen LogP contribution in [0.1, 0.15) is 6.42 Å². The van der Waals surface area contributed by atoms with Gasteiger partial charge in [-0.2, -0.15) is 4.31 Å². The van der Waals surface area contributed by atoms with Crippen LogP contribution in [0.3, 0.4) is 0 Å². The van der Waals surface area contributed by atoms with E-state index in [1.54, 1.807) is 0 Å². The van der Waals surface area contributed by atoms with Gasteiger partial charge in [-0.05, 0) is 24.6 Å². The monoisotopic (exact) mass is 291 g/mol. The molecule has 2 fully saturated rings. The van der Waals surface area contributed by atoms with Crippen molar-refractivity contribution in [1.82, 2.24) is 4.31 Å². The third-order valence-electron chi connectivity index (χ3n) is 3.35. The van der Waals surface area contributed by atoms with Crippen LogP contribution in [0.15, 0.2) is 23.1 Å². The van der Waals surface area contributed by atoms with E-state index in [-0.39, 0.29) is 22.1 Å². The van der Waals surface area contributed by atoms with Crippen molar-refractivity contribution in [2.24, 2.45) is 0 Å². The average Bonchev–Trinajstić information content (AvgIpc) is 2.94. The summed E-state index contributed by atoms with van der Waals surface area (Å²) in [6.07, 6.45) is 0.717. The van der Waals surface area contributed by atoms with Crippen molar-refractivity contribution in [2.45, 2.75) is 23.5 Å². The summed E-state index contributed by atoms with van der Waals surface area (Å²) in [6.45, 7) is 0.792. The molecule has 2 aliphatic heterocycles. The minimum atomic E-state index is -3.61. The summed E-state index contributed by atoms with van der Waals surface area (Å²) in [6, 6.07) is 3.35. The molecule has 0 aromatic heterocycles. The molecule has 2 aliphatic rings. The first kappa shape index (κ1) is 12.3. The maximum Gasteiger partial charge on any atom is 0.243 e. The van der Waals surface area contributed by atoms with E-state index >= 15 is 0 Å². The molecule has 0 N–H and O–H groups in total. The summed E-state index contributed by atoms with van der Waals surface area (Å²) < 4.78 is 44.6. The smallest absolute Gasteiger partial charge is 0.243 e. The number of rotatable bonds is 2. The third-order valence-corrected chi connectivity index (χ3v) is 5.55. The molecule has 0 radical (unpaired) electrons. The normalized spacial score (nSPS) is 27.9. The highest BCUT2D eigenvalue weighted by Crippen LogP contribution is 2.33. The highest BCUT2D eigenvalue weighted by atomic mass is 35.5. The Balaban J connectivity index is 1.97. The molecule has 1 aromatic rings. The zero-order valence-electron chi connectivity index (χ0n) is 9.34. The van der Waals surface area contributed by atoms with Gasteiger partial charge in [0.1, 0.15) is 5.82 Å². The van der Waals surface area contributed by atoms with Gasteiger partial charge in [-0.25, -0.2) is 12.8 Å². The predicted molar refractivity (Wildman–Crippen MR) is 63.4 cm³/mol. The van der Waals surface area contributed by atoms with Crippen molar-refractivity contribution in [2.75, 3.05) is 13.2 Å². The second-order valence-electron chi connectivity index (χ2n) is 4.50. The maximum atomic E-state index is 13.1. The number of ether oxygens (including phenoxy) is 1. The molecule has 1 aromatic carbocycles. The third kappa shape index (κ3) is 1.84. The van der Waals surface area contributed by atoms with Crippen LogP contribution in [0.5, 0.6) is 0 Å². The van der Waals surface area contributed by atoms with Gasteiger partial charge in [-0.3, -0.25) is 0 Å². The van der Waals surface area contributed by atoms with Crippen molar-refractivity contribution < 1.29 is 17.5 Å². The molecule has 18 heavy (non-hydrogen) atoms. The average molecular weight is 292 g/mol. The Morgan fingerprint density at radius 2 is 2.22 bits per heavy atom. The highest BCUT2D eigenvalue weighted by molar-refractivity contribution is 7.89. The lowest BCUT2D eigenvalue weighted by molar-refractivity contribution is 0.0608. The Bertz CT molecular complexity index is 592. The van der Waals surface area contributed by atoms with Gasteiger partial charge < -0.3 is 4.74 Å². The number of morpholine rings is 1. The molecule has 4 nitrogen and oxygen atoms in total. The Kier molecular flexibility index (Phi) is 2.85. The first-order chi connectivity index (χ1) is 8.48. The fraction of sp³-hybridized carbons (Fsp3) is 0.455. The number of fused-ring (bicyclic) bond motifs is 2. The summed E-state index contributed by atoms with van der Waals surface area (Å²) >= 11 is 5.62. The van der Waals surface area contributed by atoms with E-state index < -0.39 is 15.8 Å². The second kappa shape index (κ2) is 4.16. The van der Waals surface area contributed by atoms with E-state index in [0.717, 1.165) is 18.6 Å². The van der Waals surface area contributed by atoms with Gasteiger partial charge in [-0.1, -0.05) is 11.6 Å². The first-order valence-corrected chi connectivity index (χ1v) is 7.39. The summed E-state index contributed by atoms with van der Waals surface area (Å²) in [5.41, 5.74) is 0. The van der Waals surface area contributed by atoms with Crippen molar-refractivity contribution in [3.63, 3.8) is 0 Å². The van der Waals surface area contributed by atoms with E-state index in [1.807, 2.05) is 0 Å². The molecule has 0 spiro atoms. The van der Waals surface area contributed by atoms with E-state index in [4.69, 9.17) is 16.3 Å². The van der Waals surface area contributed by atoms with Gasteiger partial charge in [0.25, 0.3) is 0 Å². The maximum absolute atomic E-state index is 13.1.